The predicted octanol–water partition coefficient (Wildman–Crippen LogP) is 4.39. The van der Waals surface area contributed by atoms with Crippen LogP contribution in [-0.4, -0.2) is 4.98 Å². The number of halogens is 1. The number of pyridine rings is 1. The van der Waals surface area contributed by atoms with Crippen molar-refractivity contribution in [1.82, 2.24) is 10.3 Å². The lowest BCUT2D eigenvalue weighted by atomic mass is 10.0. The van der Waals surface area contributed by atoms with Gasteiger partial charge >= 0.3 is 0 Å². The van der Waals surface area contributed by atoms with E-state index in [2.05, 4.69) is 69.6 Å². The molecule has 0 aliphatic rings. The molecule has 2 aromatic rings. The fourth-order valence-electron chi connectivity index (χ4n) is 2.12. The molecule has 0 fully saturated rings. The van der Waals surface area contributed by atoms with Crippen LogP contribution in [0.25, 0.3) is 0 Å². The minimum Gasteiger partial charge on any atom is -0.304 e. The van der Waals surface area contributed by atoms with Crippen molar-refractivity contribution in [3.8, 4) is 0 Å². The molecule has 0 radical (unpaired) electrons. The van der Waals surface area contributed by atoms with Crippen LogP contribution in [0, 0.1) is 6.92 Å². The first kappa shape index (κ1) is 14.2. The molecule has 2 nitrogen and oxygen atoms in total. The van der Waals surface area contributed by atoms with Crippen LogP contribution in [0.3, 0.4) is 0 Å². The molecule has 0 amide bonds. The second kappa shape index (κ2) is 6.83. The SMILES string of the molecule is CCC(NCc1cccc(C)n1)c1ccc(Br)cc1. The Morgan fingerprint density at radius 2 is 1.89 bits per heavy atom. The number of nitrogens with zero attached hydrogens (tertiary/aromatic N) is 1. The van der Waals surface area contributed by atoms with Gasteiger partial charge in [0.25, 0.3) is 0 Å². The molecule has 0 saturated heterocycles. The lowest BCUT2D eigenvalue weighted by molar-refractivity contribution is 0.514. The van der Waals surface area contributed by atoms with E-state index in [1.54, 1.807) is 0 Å². The summed E-state index contributed by atoms with van der Waals surface area (Å²) in [6, 6.07) is 15.0. The second-order valence-corrected chi connectivity index (χ2v) is 5.58. The normalized spacial score (nSPS) is 12.4. The summed E-state index contributed by atoms with van der Waals surface area (Å²) in [5.74, 6) is 0. The van der Waals surface area contributed by atoms with Crippen LogP contribution in [0.1, 0.15) is 36.3 Å². The Morgan fingerprint density at radius 1 is 1.16 bits per heavy atom. The zero-order chi connectivity index (χ0) is 13.7. The van der Waals surface area contributed by atoms with E-state index in [9.17, 15) is 0 Å². The minimum atomic E-state index is 0.371. The fourth-order valence-corrected chi connectivity index (χ4v) is 2.38. The van der Waals surface area contributed by atoms with Crippen molar-refractivity contribution < 1.29 is 0 Å². The molecule has 19 heavy (non-hydrogen) atoms. The molecule has 0 aliphatic carbocycles. The molecule has 100 valence electrons. The van der Waals surface area contributed by atoms with Gasteiger partial charge in [0, 0.05) is 22.8 Å². The Balaban J connectivity index is 2.01. The lowest BCUT2D eigenvalue weighted by Crippen LogP contribution is -2.20. The second-order valence-electron chi connectivity index (χ2n) is 4.66. The summed E-state index contributed by atoms with van der Waals surface area (Å²) < 4.78 is 1.12. The average molecular weight is 319 g/mol. The van der Waals surface area contributed by atoms with E-state index in [-0.39, 0.29) is 0 Å². The third-order valence-electron chi connectivity index (χ3n) is 3.16. The summed E-state index contributed by atoms with van der Waals surface area (Å²) in [6.07, 6.45) is 1.06. The van der Waals surface area contributed by atoms with Crippen molar-refractivity contribution in [2.75, 3.05) is 0 Å². The van der Waals surface area contributed by atoms with Gasteiger partial charge in [-0.3, -0.25) is 4.98 Å². The van der Waals surface area contributed by atoms with Crippen molar-refractivity contribution in [2.24, 2.45) is 0 Å². The Labute approximate surface area is 123 Å². The van der Waals surface area contributed by atoms with Crippen LogP contribution >= 0.6 is 15.9 Å². The largest absolute Gasteiger partial charge is 0.304 e. The molecular formula is C16H19BrN2. The molecule has 1 heterocycles. The highest BCUT2D eigenvalue weighted by Crippen LogP contribution is 2.19. The van der Waals surface area contributed by atoms with Gasteiger partial charge in [-0.25, -0.2) is 0 Å². The number of aryl methyl sites for hydroxylation is 1. The molecule has 3 heteroatoms. The molecule has 1 aromatic heterocycles. The van der Waals surface area contributed by atoms with Crippen molar-refractivity contribution >= 4 is 15.9 Å². The van der Waals surface area contributed by atoms with Gasteiger partial charge in [-0.2, -0.15) is 0 Å². The first-order chi connectivity index (χ1) is 9.19. The molecule has 0 aliphatic heterocycles. The maximum absolute atomic E-state index is 4.52. The topological polar surface area (TPSA) is 24.9 Å². The Morgan fingerprint density at radius 3 is 2.53 bits per heavy atom. The van der Waals surface area contributed by atoms with E-state index in [1.807, 2.05) is 13.0 Å². The Bertz CT molecular complexity index is 523. The van der Waals surface area contributed by atoms with Crippen LogP contribution in [0.15, 0.2) is 46.9 Å². The zero-order valence-electron chi connectivity index (χ0n) is 11.4. The molecule has 2 rings (SSSR count). The van der Waals surface area contributed by atoms with Crippen molar-refractivity contribution in [3.05, 3.63) is 63.9 Å². The number of benzene rings is 1. The van der Waals surface area contributed by atoms with Gasteiger partial charge in [-0.15, -0.1) is 0 Å². The highest BCUT2D eigenvalue weighted by molar-refractivity contribution is 9.10. The highest BCUT2D eigenvalue weighted by atomic mass is 79.9. The van der Waals surface area contributed by atoms with Crippen LogP contribution in [-0.2, 0) is 6.54 Å². The maximum atomic E-state index is 4.52. The maximum Gasteiger partial charge on any atom is 0.0545 e. The molecule has 0 saturated carbocycles. The summed E-state index contributed by atoms with van der Waals surface area (Å²) in [5, 5.41) is 3.57. The van der Waals surface area contributed by atoms with Gasteiger partial charge in [-0.05, 0) is 43.2 Å². The van der Waals surface area contributed by atoms with Crippen molar-refractivity contribution in [3.63, 3.8) is 0 Å². The van der Waals surface area contributed by atoms with E-state index < -0.39 is 0 Å². The summed E-state index contributed by atoms with van der Waals surface area (Å²) >= 11 is 3.47. The first-order valence-electron chi connectivity index (χ1n) is 6.60. The van der Waals surface area contributed by atoms with Crippen molar-refractivity contribution in [1.29, 1.82) is 0 Å². The fraction of sp³-hybridized carbons (Fsp3) is 0.312. The quantitative estimate of drug-likeness (QED) is 0.884. The smallest absolute Gasteiger partial charge is 0.0545 e. The summed E-state index contributed by atoms with van der Waals surface area (Å²) in [7, 11) is 0. The molecular weight excluding hydrogens is 300 g/mol. The van der Waals surface area contributed by atoms with E-state index in [0.29, 0.717) is 6.04 Å². The lowest BCUT2D eigenvalue weighted by Gasteiger charge is -2.17. The van der Waals surface area contributed by atoms with Crippen molar-refractivity contribution in [2.45, 2.75) is 32.9 Å². The third kappa shape index (κ3) is 4.15. The van der Waals surface area contributed by atoms with Crippen LogP contribution in [0.4, 0.5) is 0 Å². The van der Waals surface area contributed by atoms with E-state index in [0.717, 1.165) is 28.8 Å². The molecule has 1 atom stereocenters. The zero-order valence-corrected chi connectivity index (χ0v) is 12.9. The predicted molar refractivity (Wildman–Crippen MR) is 83.0 cm³/mol. The molecule has 0 spiro atoms. The summed E-state index contributed by atoms with van der Waals surface area (Å²) in [4.78, 5) is 4.52. The summed E-state index contributed by atoms with van der Waals surface area (Å²) in [6.45, 7) is 5.02. The number of nitrogens with one attached hydrogen (secondary N) is 1. The summed E-state index contributed by atoms with van der Waals surface area (Å²) in [5.41, 5.74) is 3.48. The van der Waals surface area contributed by atoms with E-state index in [4.69, 9.17) is 0 Å². The first-order valence-corrected chi connectivity index (χ1v) is 7.39. The van der Waals surface area contributed by atoms with Gasteiger partial charge in [0.1, 0.15) is 0 Å². The monoisotopic (exact) mass is 318 g/mol. The van der Waals surface area contributed by atoms with Gasteiger partial charge in [0.15, 0.2) is 0 Å². The van der Waals surface area contributed by atoms with E-state index in [1.165, 1.54) is 5.56 Å². The van der Waals surface area contributed by atoms with E-state index >= 15 is 0 Å². The van der Waals surface area contributed by atoms with Gasteiger partial charge in [0.05, 0.1) is 5.69 Å². The molecule has 1 aromatic carbocycles. The minimum absolute atomic E-state index is 0.371. The van der Waals surface area contributed by atoms with Gasteiger partial charge in [-0.1, -0.05) is 41.1 Å². The van der Waals surface area contributed by atoms with Gasteiger partial charge in [0.2, 0.25) is 0 Å². The highest BCUT2D eigenvalue weighted by Gasteiger charge is 2.08. The molecule has 1 N–H and O–H groups in total. The van der Waals surface area contributed by atoms with Crippen LogP contribution in [0.2, 0.25) is 0 Å². The third-order valence-corrected chi connectivity index (χ3v) is 3.68. The van der Waals surface area contributed by atoms with Gasteiger partial charge < -0.3 is 5.32 Å². The number of hydrogen-bond acceptors (Lipinski definition) is 2. The standard InChI is InChI=1S/C16H19BrN2/c1-3-16(13-7-9-14(17)10-8-13)18-11-15-6-4-5-12(2)19-15/h4-10,16,18H,3,11H2,1-2H3. The number of aromatic nitrogens is 1. The van der Waals surface area contributed by atoms with Crippen LogP contribution < -0.4 is 5.32 Å². The molecule has 1 unspecified atom stereocenters. The Kier molecular flexibility index (Phi) is 5.11. The average Bonchev–Trinajstić information content (AvgIpc) is 2.41. The number of rotatable bonds is 5. The van der Waals surface area contributed by atoms with Crippen LogP contribution in [0.5, 0.6) is 0 Å². The number of hydrogen-bond donors (Lipinski definition) is 1. The Hall–Kier alpha value is -1.19. The molecule has 0 bridgehead atoms.